The van der Waals surface area contributed by atoms with E-state index in [1.54, 1.807) is 41.0 Å². The van der Waals surface area contributed by atoms with E-state index in [4.69, 9.17) is 9.73 Å². The summed E-state index contributed by atoms with van der Waals surface area (Å²) in [6, 6.07) is 21.3. The summed E-state index contributed by atoms with van der Waals surface area (Å²) in [4.78, 5) is 30.7. The van der Waals surface area contributed by atoms with Crippen LogP contribution in [0.25, 0.3) is 11.8 Å². The summed E-state index contributed by atoms with van der Waals surface area (Å²) >= 11 is 1.32. The SMILES string of the molecule is CC(=O)Oc1cccc(/C=c2/sc3n(c2=O)[C@H](c2ccc(F)cc2)C2=C(N=3)c3ccccc3CC2)c1. The fourth-order valence-corrected chi connectivity index (χ4v) is 5.95. The maximum Gasteiger partial charge on any atom is 0.308 e. The number of carbonyl (C=O) groups excluding carboxylic acids is 1. The fourth-order valence-electron chi connectivity index (χ4n) is 4.95. The van der Waals surface area contributed by atoms with Gasteiger partial charge in [0.1, 0.15) is 11.6 Å². The first-order valence-corrected chi connectivity index (χ1v) is 12.5. The molecule has 4 aromatic rings. The van der Waals surface area contributed by atoms with E-state index in [9.17, 15) is 14.0 Å². The van der Waals surface area contributed by atoms with Gasteiger partial charge in [0, 0.05) is 12.5 Å². The average Bonchev–Trinajstić information content (AvgIpc) is 3.17. The lowest BCUT2D eigenvalue weighted by Gasteiger charge is -2.30. The highest BCUT2D eigenvalue weighted by atomic mass is 32.1. The Morgan fingerprint density at radius 2 is 1.89 bits per heavy atom. The minimum absolute atomic E-state index is 0.156. The molecule has 0 saturated carbocycles. The Balaban J connectivity index is 1.56. The third-order valence-electron chi connectivity index (χ3n) is 6.48. The summed E-state index contributed by atoms with van der Waals surface area (Å²) in [6.07, 6.45) is 3.41. The topological polar surface area (TPSA) is 60.7 Å². The number of aryl methyl sites for hydroxylation is 1. The quantitative estimate of drug-likeness (QED) is 0.312. The summed E-state index contributed by atoms with van der Waals surface area (Å²) in [7, 11) is 0. The molecule has 1 aliphatic carbocycles. The first-order chi connectivity index (χ1) is 17.5. The number of benzene rings is 3. The zero-order chi connectivity index (χ0) is 24.8. The zero-order valence-electron chi connectivity index (χ0n) is 19.4. The van der Waals surface area contributed by atoms with Crippen molar-refractivity contribution in [2.24, 2.45) is 4.99 Å². The summed E-state index contributed by atoms with van der Waals surface area (Å²) in [5.74, 6) is -0.306. The Kier molecular flexibility index (Phi) is 5.49. The van der Waals surface area contributed by atoms with Crippen molar-refractivity contribution in [2.75, 3.05) is 0 Å². The van der Waals surface area contributed by atoms with Crippen molar-refractivity contribution in [3.8, 4) is 5.75 Å². The normalized spacial score (nSPS) is 16.6. The van der Waals surface area contributed by atoms with E-state index in [1.807, 2.05) is 18.2 Å². The van der Waals surface area contributed by atoms with Gasteiger partial charge in [-0.15, -0.1) is 0 Å². The van der Waals surface area contributed by atoms with Gasteiger partial charge in [-0.1, -0.05) is 59.9 Å². The van der Waals surface area contributed by atoms with E-state index in [1.165, 1.54) is 36.0 Å². The Hall–Kier alpha value is -4.10. The van der Waals surface area contributed by atoms with Gasteiger partial charge in [-0.3, -0.25) is 14.2 Å². The van der Waals surface area contributed by atoms with E-state index in [0.29, 0.717) is 15.1 Å². The van der Waals surface area contributed by atoms with Gasteiger partial charge < -0.3 is 4.74 Å². The number of nitrogens with zero attached hydrogens (tertiary/aromatic N) is 2. The molecule has 2 aliphatic rings. The molecule has 1 atom stereocenters. The lowest BCUT2D eigenvalue weighted by Crippen LogP contribution is -2.38. The largest absolute Gasteiger partial charge is 0.427 e. The van der Waals surface area contributed by atoms with Crippen molar-refractivity contribution in [3.63, 3.8) is 0 Å². The molecule has 36 heavy (non-hydrogen) atoms. The molecular formula is C29H21FN2O3S. The second-order valence-corrected chi connectivity index (χ2v) is 9.84. The van der Waals surface area contributed by atoms with E-state index < -0.39 is 5.97 Å². The van der Waals surface area contributed by atoms with Gasteiger partial charge in [0.05, 0.1) is 16.3 Å². The van der Waals surface area contributed by atoms with Crippen LogP contribution >= 0.6 is 11.3 Å². The van der Waals surface area contributed by atoms with Crippen LogP contribution in [-0.2, 0) is 11.2 Å². The van der Waals surface area contributed by atoms with E-state index >= 15 is 0 Å². The fraction of sp³-hybridized carbons (Fsp3) is 0.138. The highest BCUT2D eigenvalue weighted by Crippen LogP contribution is 2.41. The molecule has 6 rings (SSSR count). The van der Waals surface area contributed by atoms with Crippen molar-refractivity contribution in [1.29, 1.82) is 0 Å². The molecule has 0 bridgehead atoms. The lowest BCUT2D eigenvalue weighted by atomic mass is 9.83. The van der Waals surface area contributed by atoms with Crippen LogP contribution in [-0.4, -0.2) is 10.5 Å². The number of aromatic nitrogens is 1. The van der Waals surface area contributed by atoms with Crippen molar-refractivity contribution in [3.05, 3.63) is 126 Å². The monoisotopic (exact) mass is 496 g/mol. The first kappa shape index (κ1) is 22.4. The van der Waals surface area contributed by atoms with E-state index in [-0.39, 0.29) is 17.4 Å². The number of halogens is 1. The zero-order valence-corrected chi connectivity index (χ0v) is 20.2. The Bertz CT molecular complexity index is 1730. The number of esters is 1. The van der Waals surface area contributed by atoms with Gasteiger partial charge >= 0.3 is 5.97 Å². The number of fused-ring (bicyclic) bond motifs is 3. The van der Waals surface area contributed by atoms with Gasteiger partial charge in [0.15, 0.2) is 4.80 Å². The molecule has 5 nitrogen and oxygen atoms in total. The minimum Gasteiger partial charge on any atom is -0.427 e. The molecule has 0 N–H and O–H groups in total. The van der Waals surface area contributed by atoms with Crippen LogP contribution in [0, 0.1) is 5.82 Å². The summed E-state index contributed by atoms with van der Waals surface area (Å²) in [6.45, 7) is 1.35. The average molecular weight is 497 g/mol. The molecular weight excluding hydrogens is 475 g/mol. The molecule has 3 aromatic carbocycles. The van der Waals surface area contributed by atoms with Crippen LogP contribution in [0.3, 0.4) is 0 Å². The molecule has 2 heterocycles. The van der Waals surface area contributed by atoms with E-state index in [2.05, 4.69) is 12.1 Å². The van der Waals surface area contributed by atoms with Crippen LogP contribution in [0.1, 0.15) is 41.6 Å². The molecule has 0 saturated heterocycles. The molecule has 1 aromatic heterocycles. The smallest absolute Gasteiger partial charge is 0.308 e. The number of hydrogen-bond acceptors (Lipinski definition) is 5. The number of allylic oxidation sites excluding steroid dienone is 1. The first-order valence-electron chi connectivity index (χ1n) is 11.6. The third kappa shape index (κ3) is 3.91. The Morgan fingerprint density at radius 1 is 1.08 bits per heavy atom. The standard InChI is InChI=1S/C29H21FN2O3S/c1-17(33)35-22-7-4-5-18(15-22)16-25-28(34)32-27(20-9-12-21(30)13-10-20)24-14-11-19-6-2-3-8-23(19)26(24)31-29(32)36-25/h2-10,12-13,15-16,27H,11,14H2,1H3/b25-16+/t27-/m1/s1. The van der Waals surface area contributed by atoms with Gasteiger partial charge in [-0.05, 0) is 65.4 Å². The summed E-state index contributed by atoms with van der Waals surface area (Å²) in [5.41, 5.74) is 5.72. The second kappa shape index (κ2) is 8.84. The maximum atomic E-state index is 13.8. The second-order valence-electron chi connectivity index (χ2n) is 8.83. The minimum atomic E-state index is -0.406. The third-order valence-corrected chi connectivity index (χ3v) is 7.46. The highest BCUT2D eigenvalue weighted by Gasteiger charge is 2.32. The number of carbonyl (C=O) groups is 1. The Morgan fingerprint density at radius 3 is 2.69 bits per heavy atom. The van der Waals surface area contributed by atoms with Crippen LogP contribution in [0.2, 0.25) is 0 Å². The van der Waals surface area contributed by atoms with Crippen molar-refractivity contribution in [2.45, 2.75) is 25.8 Å². The highest BCUT2D eigenvalue weighted by molar-refractivity contribution is 7.07. The number of thiazole rings is 1. The number of rotatable bonds is 3. The summed E-state index contributed by atoms with van der Waals surface area (Å²) in [5, 5.41) is 0. The van der Waals surface area contributed by atoms with Crippen molar-refractivity contribution in [1.82, 2.24) is 4.57 Å². The maximum absolute atomic E-state index is 13.8. The predicted molar refractivity (Wildman–Crippen MR) is 137 cm³/mol. The molecule has 0 unspecified atom stereocenters. The Labute approximate surface area is 210 Å². The van der Waals surface area contributed by atoms with Gasteiger partial charge in [0.2, 0.25) is 0 Å². The molecule has 178 valence electrons. The van der Waals surface area contributed by atoms with Gasteiger partial charge in [-0.2, -0.15) is 0 Å². The lowest BCUT2D eigenvalue weighted by molar-refractivity contribution is -0.131. The van der Waals surface area contributed by atoms with Gasteiger partial charge in [0.25, 0.3) is 5.56 Å². The van der Waals surface area contributed by atoms with E-state index in [0.717, 1.165) is 40.8 Å². The number of hydrogen-bond donors (Lipinski definition) is 0. The van der Waals surface area contributed by atoms with Crippen molar-refractivity contribution < 1.29 is 13.9 Å². The molecule has 0 spiro atoms. The van der Waals surface area contributed by atoms with Crippen LogP contribution < -0.4 is 19.6 Å². The molecule has 0 amide bonds. The molecule has 0 radical (unpaired) electrons. The number of ether oxygens (including phenoxy) is 1. The van der Waals surface area contributed by atoms with Crippen LogP contribution in [0.4, 0.5) is 4.39 Å². The molecule has 7 heteroatoms. The predicted octanol–water partition coefficient (Wildman–Crippen LogP) is 4.38. The molecule has 0 fully saturated rings. The van der Waals surface area contributed by atoms with Crippen LogP contribution in [0.5, 0.6) is 5.75 Å². The molecule has 1 aliphatic heterocycles. The van der Waals surface area contributed by atoms with Gasteiger partial charge in [-0.25, -0.2) is 9.38 Å². The van der Waals surface area contributed by atoms with Crippen LogP contribution in [0.15, 0.2) is 88.2 Å². The summed E-state index contributed by atoms with van der Waals surface area (Å²) < 4.78 is 21.2. The van der Waals surface area contributed by atoms with Crippen molar-refractivity contribution >= 4 is 29.1 Å².